The molecule has 0 aliphatic heterocycles. The summed E-state index contributed by atoms with van der Waals surface area (Å²) in [5, 5.41) is 2.65. The smallest absolute Gasteiger partial charge is 0.207 e. The van der Waals surface area contributed by atoms with E-state index in [9.17, 15) is 4.79 Å². The second-order valence-corrected chi connectivity index (χ2v) is 2.51. The van der Waals surface area contributed by atoms with Crippen molar-refractivity contribution in [3.8, 4) is 0 Å². The van der Waals surface area contributed by atoms with Crippen molar-refractivity contribution in [3.63, 3.8) is 0 Å². The van der Waals surface area contributed by atoms with Crippen molar-refractivity contribution in [2.24, 2.45) is 0 Å². The minimum Gasteiger partial charge on any atom is -0.357 e. The third kappa shape index (κ3) is 5.85. The van der Waals surface area contributed by atoms with Gasteiger partial charge in [-0.05, 0) is 19.5 Å². The Morgan fingerprint density at radius 3 is 2.55 bits per heavy atom. The summed E-state index contributed by atoms with van der Waals surface area (Å²) in [5.74, 6) is 0. The highest BCUT2D eigenvalue weighted by atomic mass is 16.1. The molecule has 0 saturated carbocycles. The maximum Gasteiger partial charge on any atom is 0.207 e. The number of carbonyl (C=O) groups excluding carboxylic acids is 1. The van der Waals surface area contributed by atoms with E-state index in [-0.39, 0.29) is 0 Å². The molecule has 0 unspecified atom stereocenters. The van der Waals surface area contributed by atoms with Crippen LogP contribution in [0.15, 0.2) is 0 Å². The molecule has 0 aromatic carbocycles. The number of rotatable bonds is 7. The zero-order valence-corrected chi connectivity index (χ0v) is 7.47. The van der Waals surface area contributed by atoms with Crippen LogP contribution in [-0.2, 0) is 4.79 Å². The summed E-state index contributed by atoms with van der Waals surface area (Å²) in [6.07, 6.45) is 1.93. The summed E-state index contributed by atoms with van der Waals surface area (Å²) in [4.78, 5) is 12.2. The van der Waals surface area contributed by atoms with Crippen LogP contribution in [0.3, 0.4) is 0 Å². The van der Waals surface area contributed by atoms with Crippen molar-refractivity contribution in [2.45, 2.75) is 20.3 Å². The first kappa shape index (κ1) is 10.4. The lowest BCUT2D eigenvalue weighted by Crippen LogP contribution is -2.32. The number of carbonyl (C=O) groups is 1. The van der Waals surface area contributed by atoms with Crippen LogP contribution >= 0.6 is 0 Å². The minimum atomic E-state index is 0.750. The van der Waals surface area contributed by atoms with E-state index >= 15 is 0 Å². The molecule has 0 spiro atoms. The predicted molar refractivity (Wildman–Crippen MR) is 46.5 cm³/mol. The van der Waals surface area contributed by atoms with Crippen molar-refractivity contribution in [1.29, 1.82) is 0 Å². The molecule has 0 aliphatic rings. The van der Waals surface area contributed by atoms with E-state index in [1.54, 1.807) is 0 Å². The number of nitrogens with zero attached hydrogens (tertiary/aromatic N) is 1. The average Bonchev–Trinajstić information content (AvgIpc) is 2.03. The number of likely N-dealkylation sites (N-methyl/N-ethyl adjacent to an activating group) is 1. The molecule has 0 rings (SSSR count). The maximum atomic E-state index is 9.90. The third-order valence-corrected chi connectivity index (χ3v) is 1.64. The van der Waals surface area contributed by atoms with E-state index in [2.05, 4.69) is 24.1 Å². The Kier molecular flexibility index (Phi) is 7.15. The van der Waals surface area contributed by atoms with Crippen molar-refractivity contribution in [1.82, 2.24) is 10.2 Å². The van der Waals surface area contributed by atoms with Gasteiger partial charge in [0.2, 0.25) is 6.41 Å². The number of hydrogen-bond acceptors (Lipinski definition) is 2. The Hall–Kier alpha value is -0.570. The molecular formula is C8H18N2O. The highest BCUT2D eigenvalue weighted by Crippen LogP contribution is 1.88. The van der Waals surface area contributed by atoms with Gasteiger partial charge in [0.25, 0.3) is 0 Å². The first-order chi connectivity index (χ1) is 5.35. The summed E-state index contributed by atoms with van der Waals surface area (Å²) < 4.78 is 0. The van der Waals surface area contributed by atoms with E-state index in [0.717, 1.165) is 32.6 Å². The van der Waals surface area contributed by atoms with Gasteiger partial charge in [0.1, 0.15) is 0 Å². The zero-order valence-electron chi connectivity index (χ0n) is 7.47. The number of nitrogens with one attached hydrogen (secondary N) is 1. The van der Waals surface area contributed by atoms with E-state index < -0.39 is 0 Å². The topological polar surface area (TPSA) is 32.3 Å². The van der Waals surface area contributed by atoms with Crippen LogP contribution in [0.25, 0.3) is 0 Å². The summed E-state index contributed by atoms with van der Waals surface area (Å²) >= 11 is 0. The quantitative estimate of drug-likeness (QED) is 0.431. The molecule has 0 aromatic rings. The van der Waals surface area contributed by atoms with Crippen LogP contribution in [0.5, 0.6) is 0 Å². The SMILES string of the molecule is CCCN(CC)CCNC=O. The predicted octanol–water partition coefficient (Wildman–Crippen LogP) is 0.464. The lowest BCUT2D eigenvalue weighted by molar-refractivity contribution is -0.109. The van der Waals surface area contributed by atoms with Crippen molar-refractivity contribution >= 4 is 6.41 Å². The first-order valence-corrected chi connectivity index (χ1v) is 4.24. The fraction of sp³-hybridized carbons (Fsp3) is 0.875. The fourth-order valence-corrected chi connectivity index (χ4v) is 1.03. The monoisotopic (exact) mass is 158 g/mol. The van der Waals surface area contributed by atoms with Gasteiger partial charge >= 0.3 is 0 Å². The standard InChI is InChI=1S/C8H18N2O/c1-3-6-10(4-2)7-5-9-8-11/h8H,3-7H2,1-2H3,(H,9,11). The normalized spacial score (nSPS) is 10.1. The Labute approximate surface area is 68.8 Å². The highest BCUT2D eigenvalue weighted by molar-refractivity contribution is 5.45. The van der Waals surface area contributed by atoms with Gasteiger partial charge in [-0.2, -0.15) is 0 Å². The Balaban J connectivity index is 3.27. The van der Waals surface area contributed by atoms with Gasteiger partial charge in [-0.1, -0.05) is 13.8 Å². The van der Waals surface area contributed by atoms with Gasteiger partial charge in [-0.15, -0.1) is 0 Å². The molecule has 0 aliphatic carbocycles. The van der Waals surface area contributed by atoms with Gasteiger partial charge in [0.05, 0.1) is 0 Å². The van der Waals surface area contributed by atoms with E-state index in [1.807, 2.05) is 0 Å². The van der Waals surface area contributed by atoms with Crippen LogP contribution in [0, 0.1) is 0 Å². The molecule has 66 valence electrons. The Bertz CT molecular complexity index is 96.1. The summed E-state index contributed by atoms with van der Waals surface area (Å²) in [6, 6.07) is 0. The second kappa shape index (κ2) is 7.54. The molecule has 0 atom stereocenters. The lowest BCUT2D eigenvalue weighted by atomic mass is 10.4. The molecule has 0 saturated heterocycles. The Morgan fingerprint density at radius 1 is 1.36 bits per heavy atom. The molecule has 3 nitrogen and oxygen atoms in total. The molecular weight excluding hydrogens is 140 g/mol. The molecule has 0 aromatic heterocycles. The molecule has 3 heteroatoms. The minimum absolute atomic E-state index is 0.750. The molecule has 1 N–H and O–H groups in total. The van der Waals surface area contributed by atoms with Gasteiger partial charge in [-0.25, -0.2) is 0 Å². The lowest BCUT2D eigenvalue weighted by Gasteiger charge is -2.18. The van der Waals surface area contributed by atoms with Crippen molar-refractivity contribution in [2.75, 3.05) is 26.2 Å². The molecule has 0 fully saturated rings. The molecule has 1 amide bonds. The van der Waals surface area contributed by atoms with Gasteiger partial charge in [0, 0.05) is 13.1 Å². The van der Waals surface area contributed by atoms with Crippen LogP contribution in [-0.4, -0.2) is 37.5 Å². The van der Waals surface area contributed by atoms with Crippen LogP contribution in [0.2, 0.25) is 0 Å². The maximum absolute atomic E-state index is 9.90. The third-order valence-electron chi connectivity index (χ3n) is 1.64. The average molecular weight is 158 g/mol. The fourth-order valence-electron chi connectivity index (χ4n) is 1.03. The highest BCUT2D eigenvalue weighted by Gasteiger charge is 1.97. The molecule has 11 heavy (non-hydrogen) atoms. The van der Waals surface area contributed by atoms with E-state index in [1.165, 1.54) is 6.42 Å². The van der Waals surface area contributed by atoms with Crippen molar-refractivity contribution in [3.05, 3.63) is 0 Å². The molecule has 0 heterocycles. The Morgan fingerprint density at radius 2 is 2.09 bits per heavy atom. The van der Waals surface area contributed by atoms with Gasteiger partial charge < -0.3 is 10.2 Å². The zero-order chi connectivity index (χ0) is 8.53. The summed E-state index contributed by atoms with van der Waals surface area (Å²) in [7, 11) is 0. The van der Waals surface area contributed by atoms with Gasteiger partial charge in [-0.3, -0.25) is 4.79 Å². The van der Waals surface area contributed by atoms with Gasteiger partial charge in [0.15, 0.2) is 0 Å². The van der Waals surface area contributed by atoms with Crippen molar-refractivity contribution < 1.29 is 4.79 Å². The largest absolute Gasteiger partial charge is 0.357 e. The summed E-state index contributed by atoms with van der Waals surface area (Å²) in [5.41, 5.74) is 0. The van der Waals surface area contributed by atoms with E-state index in [0.29, 0.717) is 0 Å². The second-order valence-electron chi connectivity index (χ2n) is 2.51. The first-order valence-electron chi connectivity index (χ1n) is 4.24. The molecule has 0 bridgehead atoms. The van der Waals surface area contributed by atoms with Crippen LogP contribution in [0.1, 0.15) is 20.3 Å². The molecule has 0 radical (unpaired) electrons. The summed E-state index contributed by atoms with van der Waals surface area (Å²) in [6.45, 7) is 8.21. The number of hydrogen-bond donors (Lipinski definition) is 1. The van der Waals surface area contributed by atoms with E-state index in [4.69, 9.17) is 0 Å². The van der Waals surface area contributed by atoms with Crippen LogP contribution < -0.4 is 5.32 Å². The number of amides is 1. The van der Waals surface area contributed by atoms with Crippen LogP contribution in [0.4, 0.5) is 0 Å².